The summed E-state index contributed by atoms with van der Waals surface area (Å²) in [6.45, 7) is 2.84. The Morgan fingerprint density at radius 2 is 1.82 bits per heavy atom. The second kappa shape index (κ2) is 8.89. The van der Waals surface area contributed by atoms with Gasteiger partial charge in [0.15, 0.2) is 0 Å². The number of piperidine rings is 1. The first-order chi connectivity index (χ1) is 12.8. The molecule has 0 aliphatic carbocycles. The van der Waals surface area contributed by atoms with Crippen LogP contribution in [0.1, 0.15) is 28.8 Å². The van der Waals surface area contributed by atoms with Crippen LogP contribution in [-0.4, -0.2) is 38.4 Å². The van der Waals surface area contributed by atoms with Gasteiger partial charge in [-0.05, 0) is 49.6 Å². The predicted octanol–water partition coefficient (Wildman–Crippen LogP) is 2.92. The number of benzene rings is 2. The number of carbonyl (C=O) groups excluding carboxylic acids is 1. The van der Waals surface area contributed by atoms with Crippen molar-refractivity contribution < 1.29 is 17.6 Å². The molecule has 6 nitrogen and oxygen atoms in total. The van der Waals surface area contributed by atoms with Crippen LogP contribution >= 0.6 is 12.4 Å². The third-order valence-electron chi connectivity index (χ3n) is 4.69. The topological polar surface area (TPSA) is 92.5 Å². The number of hydrogen-bond acceptors (Lipinski definition) is 4. The van der Waals surface area contributed by atoms with Crippen molar-refractivity contribution in [2.24, 2.45) is 5.73 Å². The SMILES string of the molecule is Cc1ccc(S(=O)(=O)Nc2ccccc2F)cc1C(=O)N1CCC(N)CC1.Cl. The van der Waals surface area contributed by atoms with Crippen LogP contribution in [0.3, 0.4) is 0 Å². The molecule has 1 saturated heterocycles. The Hall–Kier alpha value is -2.16. The molecule has 9 heteroatoms. The zero-order valence-corrected chi connectivity index (χ0v) is 17.0. The van der Waals surface area contributed by atoms with Crippen LogP contribution in [-0.2, 0) is 10.0 Å². The maximum atomic E-state index is 13.8. The zero-order valence-electron chi connectivity index (χ0n) is 15.4. The lowest BCUT2D eigenvalue weighted by molar-refractivity contribution is 0.0713. The van der Waals surface area contributed by atoms with E-state index in [1.54, 1.807) is 17.9 Å². The fourth-order valence-electron chi connectivity index (χ4n) is 3.02. The maximum Gasteiger partial charge on any atom is 0.262 e. The first-order valence-corrected chi connectivity index (χ1v) is 10.2. The van der Waals surface area contributed by atoms with Gasteiger partial charge in [-0.25, -0.2) is 12.8 Å². The largest absolute Gasteiger partial charge is 0.339 e. The number of halogens is 2. The van der Waals surface area contributed by atoms with Gasteiger partial charge in [0.05, 0.1) is 10.6 Å². The number of nitrogens with one attached hydrogen (secondary N) is 1. The van der Waals surface area contributed by atoms with Crippen molar-refractivity contribution in [3.63, 3.8) is 0 Å². The van der Waals surface area contributed by atoms with E-state index in [1.165, 1.54) is 36.4 Å². The number of rotatable bonds is 4. The molecule has 0 saturated carbocycles. The number of likely N-dealkylation sites (tertiary alicyclic amines) is 1. The molecule has 1 fully saturated rings. The van der Waals surface area contributed by atoms with Crippen LogP contribution in [0, 0.1) is 12.7 Å². The molecule has 0 aromatic heterocycles. The highest BCUT2D eigenvalue weighted by Crippen LogP contribution is 2.23. The molecule has 0 radical (unpaired) electrons. The standard InChI is InChI=1S/C19H22FN3O3S.ClH/c1-13-6-7-15(27(25,26)22-18-5-3-2-4-17(18)20)12-16(13)19(24)23-10-8-14(21)9-11-23;/h2-7,12,14,22H,8-11,21H2,1H3;1H. The van der Waals surface area contributed by atoms with Crippen molar-refractivity contribution >= 4 is 34.0 Å². The molecule has 1 aliphatic heterocycles. The molecule has 3 rings (SSSR count). The summed E-state index contributed by atoms with van der Waals surface area (Å²) < 4.78 is 41.3. The zero-order chi connectivity index (χ0) is 19.6. The highest BCUT2D eigenvalue weighted by molar-refractivity contribution is 7.92. The molecule has 152 valence electrons. The lowest BCUT2D eigenvalue weighted by Crippen LogP contribution is -2.43. The molecule has 2 aromatic rings. The average molecular weight is 428 g/mol. The van der Waals surface area contributed by atoms with E-state index in [2.05, 4.69) is 4.72 Å². The molecule has 28 heavy (non-hydrogen) atoms. The number of nitrogens with two attached hydrogens (primary N) is 1. The molecule has 3 N–H and O–H groups in total. The van der Waals surface area contributed by atoms with Gasteiger partial charge in [0.2, 0.25) is 0 Å². The lowest BCUT2D eigenvalue weighted by atomic mass is 10.0. The molecule has 1 aliphatic rings. The second-order valence-corrected chi connectivity index (χ2v) is 8.37. The molecule has 0 bridgehead atoms. The minimum Gasteiger partial charge on any atom is -0.339 e. The van der Waals surface area contributed by atoms with Gasteiger partial charge in [-0.2, -0.15) is 0 Å². The van der Waals surface area contributed by atoms with Gasteiger partial charge in [0, 0.05) is 24.7 Å². The number of sulfonamides is 1. The molecule has 1 amide bonds. The highest BCUT2D eigenvalue weighted by atomic mass is 35.5. The summed E-state index contributed by atoms with van der Waals surface area (Å²) in [7, 11) is -4.03. The second-order valence-electron chi connectivity index (χ2n) is 6.69. The van der Waals surface area contributed by atoms with Crippen LogP contribution in [0.5, 0.6) is 0 Å². The van der Waals surface area contributed by atoms with Crippen molar-refractivity contribution in [2.45, 2.75) is 30.7 Å². The van der Waals surface area contributed by atoms with Crippen molar-refractivity contribution in [1.82, 2.24) is 4.90 Å². The van der Waals surface area contributed by atoms with Gasteiger partial charge < -0.3 is 10.6 Å². The number of para-hydroxylation sites is 1. The smallest absolute Gasteiger partial charge is 0.262 e. The van der Waals surface area contributed by atoms with Gasteiger partial charge in [-0.15, -0.1) is 12.4 Å². The summed E-state index contributed by atoms with van der Waals surface area (Å²) in [5.74, 6) is -0.892. The molecular formula is C19H23ClFN3O3S. The summed E-state index contributed by atoms with van der Waals surface area (Å²) >= 11 is 0. The van der Waals surface area contributed by atoms with Crippen molar-refractivity contribution in [3.05, 3.63) is 59.4 Å². The van der Waals surface area contributed by atoms with Crippen molar-refractivity contribution in [3.8, 4) is 0 Å². The minimum absolute atomic E-state index is 0. The van der Waals surface area contributed by atoms with Gasteiger partial charge >= 0.3 is 0 Å². The summed E-state index contributed by atoms with van der Waals surface area (Å²) in [6.07, 6.45) is 1.44. The fraction of sp³-hybridized carbons (Fsp3) is 0.316. The van der Waals surface area contributed by atoms with Crippen LogP contribution in [0.2, 0.25) is 0 Å². The van der Waals surface area contributed by atoms with Crippen LogP contribution in [0.15, 0.2) is 47.4 Å². The van der Waals surface area contributed by atoms with E-state index in [4.69, 9.17) is 5.73 Å². The first-order valence-electron chi connectivity index (χ1n) is 8.71. The quantitative estimate of drug-likeness (QED) is 0.784. The summed E-state index contributed by atoms with van der Waals surface area (Å²) in [5.41, 5.74) is 6.74. The first kappa shape index (κ1) is 22.1. The summed E-state index contributed by atoms with van der Waals surface area (Å²) in [5, 5.41) is 0. The summed E-state index contributed by atoms with van der Waals surface area (Å²) in [6, 6.07) is 9.93. The van der Waals surface area contributed by atoms with E-state index in [1.807, 2.05) is 0 Å². The Morgan fingerprint density at radius 3 is 2.46 bits per heavy atom. The molecule has 1 heterocycles. The number of carbonyl (C=O) groups is 1. The van der Waals surface area contributed by atoms with Crippen LogP contribution in [0.4, 0.5) is 10.1 Å². The Bertz CT molecular complexity index is 961. The molecule has 0 atom stereocenters. The van der Waals surface area contributed by atoms with Gasteiger partial charge in [-0.1, -0.05) is 18.2 Å². The average Bonchev–Trinajstić information content (AvgIpc) is 2.64. The van der Waals surface area contributed by atoms with Crippen molar-refractivity contribution in [1.29, 1.82) is 0 Å². The molecule has 0 spiro atoms. The summed E-state index contributed by atoms with van der Waals surface area (Å²) in [4.78, 5) is 14.4. The predicted molar refractivity (Wildman–Crippen MR) is 109 cm³/mol. The Balaban J connectivity index is 0.00000280. The number of aryl methyl sites for hydroxylation is 1. The minimum atomic E-state index is -4.03. The van der Waals surface area contributed by atoms with Gasteiger partial charge in [0.1, 0.15) is 5.82 Å². The lowest BCUT2D eigenvalue weighted by Gasteiger charge is -2.30. The van der Waals surface area contributed by atoms with Crippen molar-refractivity contribution in [2.75, 3.05) is 17.8 Å². The van der Waals surface area contributed by atoms with Crippen LogP contribution < -0.4 is 10.5 Å². The normalized spacial score (nSPS) is 15.0. The maximum absolute atomic E-state index is 13.8. The van der Waals surface area contributed by atoms with E-state index in [-0.39, 0.29) is 34.9 Å². The van der Waals surface area contributed by atoms with E-state index in [0.29, 0.717) is 24.2 Å². The molecule has 2 aromatic carbocycles. The fourth-order valence-corrected chi connectivity index (χ4v) is 4.11. The number of nitrogens with zero attached hydrogens (tertiary/aromatic N) is 1. The van der Waals surface area contributed by atoms with Gasteiger partial charge in [0.25, 0.3) is 15.9 Å². The Kier molecular flexibility index (Phi) is 7.03. The van der Waals surface area contributed by atoms with E-state index >= 15 is 0 Å². The van der Waals surface area contributed by atoms with E-state index in [0.717, 1.165) is 12.8 Å². The highest BCUT2D eigenvalue weighted by Gasteiger charge is 2.25. The monoisotopic (exact) mass is 427 g/mol. The third-order valence-corrected chi connectivity index (χ3v) is 6.06. The van der Waals surface area contributed by atoms with E-state index in [9.17, 15) is 17.6 Å². The number of anilines is 1. The number of hydrogen-bond donors (Lipinski definition) is 2. The number of amides is 1. The van der Waals surface area contributed by atoms with Gasteiger partial charge in [-0.3, -0.25) is 9.52 Å². The molecule has 0 unspecified atom stereocenters. The van der Waals surface area contributed by atoms with E-state index < -0.39 is 15.8 Å². The third kappa shape index (κ3) is 4.81. The van der Waals surface area contributed by atoms with Crippen LogP contribution in [0.25, 0.3) is 0 Å². The molecular weight excluding hydrogens is 405 g/mol. The Labute approximate surface area is 170 Å². The Morgan fingerprint density at radius 1 is 1.18 bits per heavy atom.